The first kappa shape index (κ1) is 12.9. The first-order valence-corrected chi connectivity index (χ1v) is 5.62. The Morgan fingerprint density at radius 1 is 1.46 bits per heavy atom. The summed E-state index contributed by atoms with van der Waals surface area (Å²) in [7, 11) is 0. The standard InChI is InChI=1S/C9H18BrNO2/c1-3-5-11(6-7-12)9(13)8(10)4-2/h8,12H,3-7H2,1-2H3. The molecule has 3 nitrogen and oxygen atoms in total. The van der Waals surface area contributed by atoms with Gasteiger partial charge in [0.25, 0.3) is 0 Å². The molecule has 0 aliphatic heterocycles. The van der Waals surface area contributed by atoms with Crippen LogP contribution in [-0.2, 0) is 4.79 Å². The number of amides is 1. The Kier molecular flexibility index (Phi) is 7.28. The highest BCUT2D eigenvalue weighted by molar-refractivity contribution is 9.10. The number of rotatable bonds is 6. The minimum atomic E-state index is -0.106. The van der Waals surface area contributed by atoms with Gasteiger partial charge < -0.3 is 10.0 Å². The van der Waals surface area contributed by atoms with Crippen LogP contribution >= 0.6 is 15.9 Å². The van der Waals surface area contributed by atoms with E-state index in [2.05, 4.69) is 15.9 Å². The molecule has 0 saturated carbocycles. The molecule has 4 heteroatoms. The summed E-state index contributed by atoms with van der Waals surface area (Å²) in [6.07, 6.45) is 1.71. The number of halogens is 1. The lowest BCUT2D eigenvalue weighted by atomic mass is 10.3. The highest BCUT2D eigenvalue weighted by Gasteiger charge is 2.18. The van der Waals surface area contributed by atoms with Gasteiger partial charge in [0.05, 0.1) is 11.4 Å². The van der Waals surface area contributed by atoms with E-state index in [9.17, 15) is 4.79 Å². The Labute approximate surface area is 88.2 Å². The molecular formula is C9H18BrNO2. The summed E-state index contributed by atoms with van der Waals surface area (Å²) >= 11 is 3.31. The lowest BCUT2D eigenvalue weighted by molar-refractivity contribution is -0.131. The molecule has 0 aromatic rings. The molecule has 1 unspecified atom stereocenters. The number of carbonyl (C=O) groups is 1. The summed E-state index contributed by atoms with van der Waals surface area (Å²) < 4.78 is 0. The number of aliphatic hydroxyl groups excluding tert-OH is 1. The van der Waals surface area contributed by atoms with Crippen LogP contribution in [0.1, 0.15) is 26.7 Å². The number of hydrogen-bond donors (Lipinski definition) is 1. The van der Waals surface area contributed by atoms with Crippen LogP contribution in [0.3, 0.4) is 0 Å². The minimum Gasteiger partial charge on any atom is -0.395 e. The Bertz CT molecular complexity index is 147. The summed E-state index contributed by atoms with van der Waals surface area (Å²) in [5.41, 5.74) is 0. The Balaban J connectivity index is 4.09. The smallest absolute Gasteiger partial charge is 0.236 e. The molecular weight excluding hydrogens is 234 g/mol. The fourth-order valence-corrected chi connectivity index (χ4v) is 1.39. The Morgan fingerprint density at radius 2 is 2.08 bits per heavy atom. The van der Waals surface area contributed by atoms with Crippen molar-refractivity contribution >= 4 is 21.8 Å². The first-order chi connectivity index (χ1) is 6.17. The fraction of sp³-hybridized carbons (Fsp3) is 0.889. The maximum absolute atomic E-state index is 11.6. The average Bonchev–Trinajstić information content (AvgIpc) is 2.15. The van der Waals surface area contributed by atoms with E-state index in [-0.39, 0.29) is 17.3 Å². The van der Waals surface area contributed by atoms with E-state index in [1.54, 1.807) is 4.90 Å². The molecule has 0 radical (unpaired) electrons. The van der Waals surface area contributed by atoms with Crippen molar-refractivity contribution in [3.63, 3.8) is 0 Å². The van der Waals surface area contributed by atoms with Gasteiger partial charge in [0.15, 0.2) is 0 Å². The molecule has 0 fully saturated rings. The van der Waals surface area contributed by atoms with Crippen molar-refractivity contribution in [1.29, 1.82) is 0 Å². The van der Waals surface area contributed by atoms with E-state index >= 15 is 0 Å². The van der Waals surface area contributed by atoms with Gasteiger partial charge in [0.1, 0.15) is 0 Å². The SMILES string of the molecule is CCCN(CCO)C(=O)C(Br)CC. The maximum atomic E-state index is 11.6. The van der Waals surface area contributed by atoms with Crippen LogP contribution in [0.5, 0.6) is 0 Å². The minimum absolute atomic E-state index is 0.0369. The van der Waals surface area contributed by atoms with Gasteiger partial charge in [-0.2, -0.15) is 0 Å². The molecule has 1 atom stereocenters. The van der Waals surface area contributed by atoms with Gasteiger partial charge in [-0.05, 0) is 12.8 Å². The number of aliphatic hydroxyl groups is 1. The largest absolute Gasteiger partial charge is 0.395 e. The highest BCUT2D eigenvalue weighted by Crippen LogP contribution is 2.09. The van der Waals surface area contributed by atoms with Crippen molar-refractivity contribution in [3.8, 4) is 0 Å². The molecule has 1 N–H and O–H groups in total. The molecule has 0 spiro atoms. The number of hydrogen-bond acceptors (Lipinski definition) is 2. The predicted molar refractivity (Wildman–Crippen MR) is 57.0 cm³/mol. The topological polar surface area (TPSA) is 40.5 Å². The molecule has 0 aliphatic rings. The number of alkyl halides is 1. The summed E-state index contributed by atoms with van der Waals surface area (Å²) in [6, 6.07) is 0. The van der Waals surface area contributed by atoms with Crippen LogP contribution < -0.4 is 0 Å². The van der Waals surface area contributed by atoms with Crippen LogP contribution in [0, 0.1) is 0 Å². The first-order valence-electron chi connectivity index (χ1n) is 4.71. The predicted octanol–water partition coefficient (Wildman–Crippen LogP) is 1.39. The van der Waals surface area contributed by atoms with Crippen LogP contribution in [0.4, 0.5) is 0 Å². The van der Waals surface area contributed by atoms with Crippen molar-refractivity contribution in [2.75, 3.05) is 19.7 Å². The van der Waals surface area contributed by atoms with Crippen molar-refractivity contribution < 1.29 is 9.90 Å². The van der Waals surface area contributed by atoms with Gasteiger partial charge in [-0.3, -0.25) is 4.79 Å². The third-order valence-corrected chi connectivity index (χ3v) is 2.84. The van der Waals surface area contributed by atoms with Gasteiger partial charge >= 0.3 is 0 Å². The summed E-state index contributed by atoms with van der Waals surface area (Å²) in [5, 5.41) is 8.76. The van der Waals surface area contributed by atoms with E-state index < -0.39 is 0 Å². The third-order valence-electron chi connectivity index (χ3n) is 1.80. The Hall–Kier alpha value is -0.0900. The van der Waals surface area contributed by atoms with Crippen molar-refractivity contribution in [2.45, 2.75) is 31.5 Å². The highest BCUT2D eigenvalue weighted by atomic mass is 79.9. The van der Waals surface area contributed by atoms with Crippen molar-refractivity contribution in [1.82, 2.24) is 4.90 Å². The molecule has 13 heavy (non-hydrogen) atoms. The second-order valence-electron chi connectivity index (χ2n) is 2.92. The Morgan fingerprint density at radius 3 is 2.46 bits per heavy atom. The molecule has 78 valence electrons. The van der Waals surface area contributed by atoms with E-state index in [0.29, 0.717) is 6.54 Å². The van der Waals surface area contributed by atoms with Crippen LogP contribution in [-0.4, -0.2) is 40.4 Å². The zero-order valence-electron chi connectivity index (χ0n) is 8.29. The second-order valence-corrected chi connectivity index (χ2v) is 4.03. The number of nitrogens with zero attached hydrogens (tertiary/aromatic N) is 1. The molecule has 0 bridgehead atoms. The lowest BCUT2D eigenvalue weighted by Crippen LogP contribution is -2.38. The lowest BCUT2D eigenvalue weighted by Gasteiger charge is -2.23. The summed E-state index contributed by atoms with van der Waals surface area (Å²) in [4.78, 5) is 13.2. The van der Waals surface area contributed by atoms with E-state index in [1.165, 1.54) is 0 Å². The third kappa shape index (κ3) is 4.62. The van der Waals surface area contributed by atoms with Crippen LogP contribution in [0.25, 0.3) is 0 Å². The van der Waals surface area contributed by atoms with E-state index in [4.69, 9.17) is 5.11 Å². The van der Waals surface area contributed by atoms with Gasteiger partial charge in [0.2, 0.25) is 5.91 Å². The summed E-state index contributed by atoms with van der Waals surface area (Å²) in [5.74, 6) is 0.0819. The molecule has 0 saturated heterocycles. The molecule has 0 aliphatic carbocycles. The number of carbonyl (C=O) groups excluding carboxylic acids is 1. The molecule has 1 amide bonds. The average molecular weight is 252 g/mol. The quantitative estimate of drug-likeness (QED) is 0.726. The van der Waals surface area contributed by atoms with Crippen LogP contribution in [0.15, 0.2) is 0 Å². The molecule has 0 aromatic carbocycles. The fourth-order valence-electron chi connectivity index (χ4n) is 1.10. The summed E-state index contributed by atoms with van der Waals surface area (Å²) in [6.45, 7) is 5.18. The van der Waals surface area contributed by atoms with E-state index in [1.807, 2.05) is 13.8 Å². The van der Waals surface area contributed by atoms with Gasteiger partial charge in [-0.1, -0.05) is 29.8 Å². The van der Waals surface area contributed by atoms with Crippen LogP contribution in [0.2, 0.25) is 0 Å². The van der Waals surface area contributed by atoms with Crippen molar-refractivity contribution in [3.05, 3.63) is 0 Å². The maximum Gasteiger partial charge on any atom is 0.236 e. The zero-order valence-corrected chi connectivity index (χ0v) is 9.88. The van der Waals surface area contributed by atoms with Gasteiger partial charge in [-0.15, -0.1) is 0 Å². The zero-order chi connectivity index (χ0) is 10.3. The van der Waals surface area contributed by atoms with E-state index in [0.717, 1.165) is 19.4 Å². The monoisotopic (exact) mass is 251 g/mol. The second kappa shape index (κ2) is 7.33. The normalized spacial score (nSPS) is 12.6. The molecule has 0 aromatic heterocycles. The van der Waals surface area contributed by atoms with Gasteiger partial charge in [-0.25, -0.2) is 0 Å². The van der Waals surface area contributed by atoms with Crippen molar-refractivity contribution in [2.24, 2.45) is 0 Å². The molecule has 0 heterocycles. The van der Waals surface area contributed by atoms with Gasteiger partial charge in [0, 0.05) is 13.1 Å². The molecule has 0 rings (SSSR count).